The van der Waals surface area contributed by atoms with Crippen LogP contribution in [-0.4, -0.2) is 51.9 Å². The molecule has 0 aromatic carbocycles. The van der Waals surface area contributed by atoms with Crippen LogP contribution in [0.1, 0.15) is 20.3 Å². The second-order valence-electron chi connectivity index (χ2n) is 4.73. The maximum absolute atomic E-state index is 11.7. The van der Waals surface area contributed by atoms with E-state index in [-0.39, 0.29) is 13.2 Å². The molecule has 0 saturated carbocycles. The van der Waals surface area contributed by atoms with Crippen LogP contribution in [0.25, 0.3) is 0 Å². The molecule has 4 nitrogen and oxygen atoms in total. The Kier molecular flexibility index (Phi) is 6.59. The molecular formula is C10H20F3NO3S. The standard InChI is InChI=1S/C10H20F3NO3S/c1-9(2,18(3,15)16)7-14-5-4-6-17-8-10(11,12)13/h14H,4-8H2,1-3H3. The highest BCUT2D eigenvalue weighted by atomic mass is 32.2. The Hall–Kier alpha value is -0.340. The van der Waals surface area contributed by atoms with E-state index in [1.807, 2.05) is 0 Å². The fourth-order valence-corrected chi connectivity index (χ4v) is 1.37. The molecule has 0 radical (unpaired) electrons. The number of nitrogens with one attached hydrogen (secondary N) is 1. The van der Waals surface area contributed by atoms with E-state index in [2.05, 4.69) is 10.1 Å². The molecule has 1 N–H and O–H groups in total. The second-order valence-corrected chi connectivity index (χ2v) is 7.38. The van der Waals surface area contributed by atoms with Crippen LogP contribution in [0.5, 0.6) is 0 Å². The maximum Gasteiger partial charge on any atom is 0.411 e. The molecule has 110 valence electrons. The number of alkyl halides is 3. The summed E-state index contributed by atoms with van der Waals surface area (Å²) in [7, 11) is -3.16. The molecule has 0 aromatic rings. The van der Waals surface area contributed by atoms with E-state index in [0.29, 0.717) is 13.0 Å². The van der Waals surface area contributed by atoms with Crippen LogP contribution in [0.4, 0.5) is 13.2 Å². The molecule has 8 heteroatoms. The first-order valence-electron chi connectivity index (χ1n) is 5.50. The monoisotopic (exact) mass is 291 g/mol. The zero-order valence-corrected chi connectivity index (χ0v) is 11.6. The van der Waals surface area contributed by atoms with E-state index in [1.165, 1.54) is 0 Å². The molecule has 0 amide bonds. The predicted molar refractivity (Wildman–Crippen MR) is 63.3 cm³/mol. The van der Waals surface area contributed by atoms with E-state index in [1.54, 1.807) is 13.8 Å². The number of sulfone groups is 1. The van der Waals surface area contributed by atoms with Crippen molar-refractivity contribution >= 4 is 9.84 Å². The lowest BCUT2D eigenvalue weighted by Crippen LogP contribution is -2.42. The molecule has 0 spiro atoms. The summed E-state index contributed by atoms with van der Waals surface area (Å²) < 4.78 is 61.3. The van der Waals surface area contributed by atoms with Crippen molar-refractivity contribution < 1.29 is 26.3 Å². The fourth-order valence-electron chi connectivity index (χ4n) is 1.01. The van der Waals surface area contributed by atoms with Gasteiger partial charge in [-0.3, -0.25) is 0 Å². The predicted octanol–water partition coefficient (Wildman–Crippen LogP) is 1.37. The average molecular weight is 291 g/mol. The van der Waals surface area contributed by atoms with Crippen molar-refractivity contribution in [2.45, 2.75) is 31.2 Å². The summed E-state index contributed by atoms with van der Waals surface area (Å²) in [6, 6.07) is 0. The minimum absolute atomic E-state index is 0.00812. The van der Waals surface area contributed by atoms with Gasteiger partial charge in [0.1, 0.15) is 6.61 Å². The van der Waals surface area contributed by atoms with Gasteiger partial charge in [0.25, 0.3) is 0 Å². The fraction of sp³-hybridized carbons (Fsp3) is 1.00. The molecule has 0 aliphatic heterocycles. The van der Waals surface area contributed by atoms with Gasteiger partial charge in [-0.1, -0.05) is 0 Å². The van der Waals surface area contributed by atoms with Gasteiger partial charge in [-0.2, -0.15) is 13.2 Å². The number of hydrogen-bond acceptors (Lipinski definition) is 4. The third-order valence-electron chi connectivity index (χ3n) is 2.46. The summed E-state index contributed by atoms with van der Waals surface area (Å²) in [5.41, 5.74) is 0. The maximum atomic E-state index is 11.7. The van der Waals surface area contributed by atoms with Gasteiger partial charge in [0.2, 0.25) is 0 Å². The first-order valence-corrected chi connectivity index (χ1v) is 7.40. The minimum Gasteiger partial charge on any atom is -0.372 e. The van der Waals surface area contributed by atoms with Crippen molar-refractivity contribution in [2.24, 2.45) is 0 Å². The third-order valence-corrected chi connectivity index (χ3v) is 4.61. The van der Waals surface area contributed by atoms with Gasteiger partial charge in [-0.05, 0) is 26.8 Å². The summed E-state index contributed by atoms with van der Waals surface area (Å²) in [6.45, 7) is 2.60. The van der Waals surface area contributed by atoms with E-state index in [9.17, 15) is 21.6 Å². The summed E-state index contributed by atoms with van der Waals surface area (Å²) in [5.74, 6) is 0. The van der Waals surface area contributed by atoms with Gasteiger partial charge in [-0.25, -0.2) is 8.42 Å². The summed E-state index contributed by atoms with van der Waals surface area (Å²) in [5, 5.41) is 2.89. The normalized spacial score (nSPS) is 13.9. The van der Waals surface area contributed by atoms with Crippen LogP contribution in [0, 0.1) is 0 Å². The lowest BCUT2D eigenvalue weighted by Gasteiger charge is -2.22. The van der Waals surface area contributed by atoms with Crippen LogP contribution in [-0.2, 0) is 14.6 Å². The topological polar surface area (TPSA) is 55.4 Å². The highest BCUT2D eigenvalue weighted by Crippen LogP contribution is 2.14. The van der Waals surface area contributed by atoms with Crippen LogP contribution in [0.15, 0.2) is 0 Å². The zero-order valence-electron chi connectivity index (χ0n) is 10.8. The Bertz CT molecular complexity index is 339. The van der Waals surface area contributed by atoms with Crippen LogP contribution < -0.4 is 5.32 Å². The minimum atomic E-state index is -4.30. The van der Waals surface area contributed by atoms with Crippen molar-refractivity contribution in [3.63, 3.8) is 0 Å². The van der Waals surface area contributed by atoms with Crippen LogP contribution in [0.2, 0.25) is 0 Å². The Balaban J connectivity index is 3.64. The van der Waals surface area contributed by atoms with Crippen molar-refractivity contribution in [1.82, 2.24) is 5.32 Å². The first-order chi connectivity index (χ1) is 7.96. The average Bonchev–Trinajstić information content (AvgIpc) is 2.12. The molecule has 0 bridgehead atoms. The molecule has 18 heavy (non-hydrogen) atoms. The molecule has 0 unspecified atom stereocenters. The molecule has 0 aliphatic rings. The summed E-state index contributed by atoms with van der Waals surface area (Å²) in [4.78, 5) is 0. The molecule has 0 aliphatic carbocycles. The van der Waals surface area contributed by atoms with Crippen LogP contribution >= 0.6 is 0 Å². The molecule has 0 aromatic heterocycles. The Morgan fingerprint density at radius 3 is 2.22 bits per heavy atom. The molecule has 0 saturated heterocycles. The SMILES string of the molecule is CC(C)(CNCCCOCC(F)(F)F)S(C)(=O)=O. The number of ether oxygens (including phenoxy) is 1. The molecule has 0 rings (SSSR count). The highest BCUT2D eigenvalue weighted by Gasteiger charge is 2.29. The summed E-state index contributed by atoms with van der Waals surface area (Å²) >= 11 is 0. The molecular weight excluding hydrogens is 271 g/mol. The Labute approximate surface area is 106 Å². The van der Waals surface area contributed by atoms with E-state index >= 15 is 0 Å². The van der Waals surface area contributed by atoms with Gasteiger partial charge in [-0.15, -0.1) is 0 Å². The Morgan fingerprint density at radius 1 is 1.22 bits per heavy atom. The second kappa shape index (κ2) is 6.72. The zero-order chi connectivity index (χ0) is 14.4. The van der Waals surface area contributed by atoms with E-state index < -0.39 is 27.4 Å². The van der Waals surface area contributed by atoms with Gasteiger partial charge >= 0.3 is 6.18 Å². The van der Waals surface area contributed by atoms with E-state index in [4.69, 9.17) is 0 Å². The van der Waals surface area contributed by atoms with Gasteiger partial charge < -0.3 is 10.1 Å². The van der Waals surface area contributed by atoms with Crippen molar-refractivity contribution in [1.29, 1.82) is 0 Å². The molecule has 0 atom stereocenters. The number of hydrogen-bond donors (Lipinski definition) is 1. The smallest absolute Gasteiger partial charge is 0.372 e. The molecule has 0 fully saturated rings. The lowest BCUT2D eigenvalue weighted by atomic mass is 10.2. The quantitative estimate of drug-likeness (QED) is 0.686. The first kappa shape index (κ1) is 17.7. The van der Waals surface area contributed by atoms with Crippen molar-refractivity contribution in [2.75, 3.05) is 32.6 Å². The number of halogens is 3. The van der Waals surface area contributed by atoms with Crippen LogP contribution in [0.3, 0.4) is 0 Å². The van der Waals surface area contributed by atoms with Crippen molar-refractivity contribution in [3.8, 4) is 0 Å². The largest absolute Gasteiger partial charge is 0.411 e. The van der Waals surface area contributed by atoms with Gasteiger partial charge in [0.05, 0.1) is 4.75 Å². The molecule has 0 heterocycles. The Morgan fingerprint density at radius 2 is 1.78 bits per heavy atom. The van der Waals surface area contributed by atoms with Crippen molar-refractivity contribution in [3.05, 3.63) is 0 Å². The van der Waals surface area contributed by atoms with Gasteiger partial charge in [0.15, 0.2) is 9.84 Å². The third kappa shape index (κ3) is 7.88. The van der Waals surface area contributed by atoms with Gasteiger partial charge in [0, 0.05) is 19.4 Å². The lowest BCUT2D eigenvalue weighted by molar-refractivity contribution is -0.173. The van der Waals surface area contributed by atoms with E-state index in [0.717, 1.165) is 6.26 Å². The number of rotatable bonds is 8. The summed E-state index contributed by atoms with van der Waals surface area (Å²) in [6.07, 6.45) is -2.75. The highest BCUT2D eigenvalue weighted by molar-refractivity contribution is 7.92.